The van der Waals surface area contributed by atoms with Gasteiger partial charge in [0.05, 0.1) is 0 Å². The van der Waals surface area contributed by atoms with E-state index in [1.165, 1.54) is 18.3 Å². The Morgan fingerprint density at radius 2 is 2.29 bits per heavy atom. The normalized spacial score (nSPS) is 10.6. The van der Waals surface area contributed by atoms with Gasteiger partial charge in [-0.15, -0.1) is 0 Å². The van der Waals surface area contributed by atoms with Gasteiger partial charge in [-0.1, -0.05) is 0 Å². The first-order valence-corrected chi connectivity index (χ1v) is 4.35. The topological polar surface area (TPSA) is 83.2 Å². The van der Waals surface area contributed by atoms with Gasteiger partial charge in [0.1, 0.15) is 4.92 Å². The van der Waals surface area contributed by atoms with Crippen LogP contribution in [0, 0.1) is 15.3 Å². The van der Waals surface area contributed by atoms with Crippen molar-refractivity contribution in [3.8, 4) is 0 Å². The quantitative estimate of drug-likeness (QED) is 0.338. The molecule has 0 amide bonds. The number of nitrogens with zero attached hydrogens (tertiary/aromatic N) is 2. The summed E-state index contributed by atoms with van der Waals surface area (Å²) in [5.74, 6) is -0.462. The first kappa shape index (κ1) is 8.95. The smallest absolute Gasteiger partial charge is 0.455 e. The summed E-state index contributed by atoms with van der Waals surface area (Å²) in [5, 5.41) is 21.7. The van der Waals surface area contributed by atoms with E-state index >= 15 is 0 Å². The van der Waals surface area contributed by atoms with E-state index in [4.69, 9.17) is 4.42 Å². The molecule has 2 aromatic heterocycles. The average molecular weight is 259 g/mol. The Labute approximate surface area is 85.6 Å². The zero-order valence-electron chi connectivity index (χ0n) is 6.64. The van der Waals surface area contributed by atoms with E-state index in [1.54, 1.807) is 0 Å². The first-order chi connectivity index (χ1) is 6.61. The lowest BCUT2D eigenvalue weighted by molar-refractivity contribution is -0.577. The van der Waals surface area contributed by atoms with Crippen LogP contribution in [0.5, 0.6) is 0 Å². The molecule has 0 saturated carbocycles. The monoisotopic (exact) mass is 258 g/mol. The fourth-order valence-corrected chi connectivity index (χ4v) is 1.72. The van der Waals surface area contributed by atoms with Crippen LogP contribution in [0.3, 0.4) is 0 Å². The molecule has 72 valence electrons. The van der Waals surface area contributed by atoms with Gasteiger partial charge in [-0.25, -0.2) is 0 Å². The molecule has 2 aromatic rings. The minimum Gasteiger partial charge on any atom is -0.618 e. The summed E-state index contributed by atoms with van der Waals surface area (Å²) in [4.78, 5) is 9.78. The van der Waals surface area contributed by atoms with Gasteiger partial charge >= 0.3 is 5.88 Å². The molecule has 0 saturated heterocycles. The van der Waals surface area contributed by atoms with Crippen LogP contribution in [-0.4, -0.2) is 4.92 Å². The molecule has 14 heavy (non-hydrogen) atoms. The van der Waals surface area contributed by atoms with Crippen molar-refractivity contribution < 1.29 is 14.1 Å². The Hall–Kier alpha value is -1.63. The van der Waals surface area contributed by atoms with E-state index in [0.717, 1.165) is 0 Å². The molecule has 0 unspecified atom stereocenters. The maximum Gasteiger partial charge on any atom is 0.455 e. The molecule has 0 aromatic carbocycles. The van der Waals surface area contributed by atoms with Crippen molar-refractivity contribution in [3.63, 3.8) is 0 Å². The van der Waals surface area contributed by atoms with Gasteiger partial charge in [-0.05, 0) is 22.0 Å². The van der Waals surface area contributed by atoms with Crippen LogP contribution in [0.25, 0.3) is 11.1 Å². The lowest BCUT2D eigenvalue weighted by Gasteiger charge is -1.93. The summed E-state index contributed by atoms with van der Waals surface area (Å²) in [6.07, 6.45) is 1.24. The molecule has 0 bridgehead atoms. The second kappa shape index (κ2) is 2.95. The fraction of sp³-hybridized carbons (Fsp3) is 0. The van der Waals surface area contributed by atoms with Crippen molar-refractivity contribution in [3.05, 3.63) is 38.1 Å². The summed E-state index contributed by atoms with van der Waals surface area (Å²) in [6, 6.07) is 2.94. The number of fused-ring (bicyclic) bond motifs is 1. The van der Waals surface area contributed by atoms with Crippen LogP contribution in [0.1, 0.15) is 0 Å². The number of halogens is 1. The van der Waals surface area contributed by atoms with Crippen molar-refractivity contribution in [2.45, 2.75) is 0 Å². The van der Waals surface area contributed by atoms with E-state index in [-0.39, 0.29) is 15.6 Å². The van der Waals surface area contributed by atoms with Crippen LogP contribution in [0.2, 0.25) is 0 Å². The Balaban J connectivity index is 2.87. The van der Waals surface area contributed by atoms with Crippen molar-refractivity contribution in [1.82, 2.24) is 0 Å². The van der Waals surface area contributed by atoms with Gasteiger partial charge in [0.2, 0.25) is 10.1 Å². The molecule has 2 rings (SSSR count). The summed E-state index contributed by atoms with van der Waals surface area (Å²) < 4.78 is 5.45. The molecule has 0 N–H and O–H groups in total. The zero-order valence-corrected chi connectivity index (χ0v) is 8.22. The molecule has 2 heterocycles. The highest BCUT2D eigenvalue weighted by molar-refractivity contribution is 9.10. The van der Waals surface area contributed by atoms with Crippen LogP contribution >= 0.6 is 15.9 Å². The largest absolute Gasteiger partial charge is 0.618 e. The van der Waals surface area contributed by atoms with E-state index in [1.807, 2.05) is 0 Å². The van der Waals surface area contributed by atoms with E-state index < -0.39 is 10.8 Å². The van der Waals surface area contributed by atoms with Gasteiger partial charge in [0.25, 0.3) is 5.52 Å². The molecule has 0 spiro atoms. The average Bonchev–Trinajstić information content (AvgIpc) is 2.45. The third-order valence-electron chi connectivity index (χ3n) is 1.69. The first-order valence-electron chi connectivity index (χ1n) is 3.56. The molecule has 0 aliphatic carbocycles. The lowest BCUT2D eigenvalue weighted by atomic mass is 10.4. The van der Waals surface area contributed by atoms with Crippen LogP contribution < -0.4 is 4.73 Å². The number of pyridine rings is 1. The highest BCUT2D eigenvalue weighted by atomic mass is 79.9. The maximum absolute atomic E-state index is 11.2. The molecule has 0 fully saturated rings. The van der Waals surface area contributed by atoms with Gasteiger partial charge in [-0.3, -0.25) is 10.1 Å². The molecular formula is C7H3BrN2O4. The molecule has 0 radical (unpaired) electrons. The minimum absolute atomic E-state index is 0.0631. The van der Waals surface area contributed by atoms with Crippen LogP contribution in [-0.2, 0) is 0 Å². The molecule has 7 heteroatoms. The molecule has 0 aliphatic heterocycles. The fourth-order valence-electron chi connectivity index (χ4n) is 1.13. The number of hydrogen-bond donors (Lipinski definition) is 0. The van der Waals surface area contributed by atoms with Crippen molar-refractivity contribution in [2.75, 3.05) is 0 Å². The highest BCUT2D eigenvalue weighted by Crippen LogP contribution is 2.33. The summed E-state index contributed by atoms with van der Waals surface area (Å²) in [5.41, 5.74) is 0.306. The number of hydrogen-bond acceptors (Lipinski definition) is 4. The number of rotatable bonds is 1. The third kappa shape index (κ3) is 1.13. The Morgan fingerprint density at radius 3 is 2.86 bits per heavy atom. The van der Waals surface area contributed by atoms with E-state index in [9.17, 15) is 15.3 Å². The van der Waals surface area contributed by atoms with Crippen molar-refractivity contribution in [2.24, 2.45) is 0 Å². The predicted molar refractivity (Wildman–Crippen MR) is 49.5 cm³/mol. The Bertz CT molecular complexity index is 522. The third-order valence-corrected chi connectivity index (χ3v) is 2.41. The molecule has 0 aliphatic rings. The summed E-state index contributed by atoms with van der Waals surface area (Å²) in [6.45, 7) is 0. The molecular weight excluding hydrogens is 256 g/mol. The molecule has 0 atom stereocenters. The van der Waals surface area contributed by atoms with Crippen LogP contribution in [0.4, 0.5) is 5.88 Å². The number of furan rings is 1. The predicted octanol–water partition coefficient (Wildman–Crippen LogP) is 1.74. The SMILES string of the molecule is O=[N+]([O-])c1oc2ccc[n+]([O-])c2c1Br. The highest BCUT2D eigenvalue weighted by Gasteiger charge is 2.27. The summed E-state index contributed by atoms with van der Waals surface area (Å²) in [7, 11) is 0. The van der Waals surface area contributed by atoms with Gasteiger partial charge < -0.3 is 9.62 Å². The van der Waals surface area contributed by atoms with Gasteiger partial charge in [0, 0.05) is 6.07 Å². The van der Waals surface area contributed by atoms with Gasteiger partial charge in [0.15, 0.2) is 6.20 Å². The Morgan fingerprint density at radius 1 is 1.57 bits per heavy atom. The van der Waals surface area contributed by atoms with Crippen molar-refractivity contribution >= 4 is 32.9 Å². The number of nitro groups is 1. The maximum atomic E-state index is 11.2. The van der Waals surface area contributed by atoms with E-state index in [0.29, 0.717) is 4.73 Å². The van der Waals surface area contributed by atoms with E-state index in [2.05, 4.69) is 15.9 Å². The molecule has 6 nitrogen and oxygen atoms in total. The lowest BCUT2D eigenvalue weighted by Crippen LogP contribution is -2.25. The Kier molecular flexibility index (Phi) is 1.88. The van der Waals surface area contributed by atoms with Gasteiger partial charge in [-0.2, -0.15) is 4.73 Å². The minimum atomic E-state index is -0.690. The standard InChI is InChI=1S/C7H3BrN2O4/c8-5-6-4(2-1-3-9(6)11)14-7(5)10(12)13/h1-3H. The van der Waals surface area contributed by atoms with Crippen LogP contribution in [0.15, 0.2) is 27.2 Å². The second-order valence-corrected chi connectivity index (χ2v) is 3.32. The van der Waals surface area contributed by atoms with Crippen molar-refractivity contribution in [1.29, 1.82) is 0 Å². The second-order valence-electron chi connectivity index (χ2n) is 2.53. The zero-order chi connectivity index (χ0) is 10.3. The summed E-state index contributed by atoms with van der Waals surface area (Å²) >= 11 is 2.95. The number of aromatic nitrogens is 1.